The van der Waals surface area contributed by atoms with Crippen LogP contribution in [0, 0.1) is 11.0 Å². The molecule has 1 aromatic carbocycles. The lowest BCUT2D eigenvalue weighted by atomic mass is 10.2. The summed E-state index contributed by atoms with van der Waals surface area (Å²) in [4.78, 5) is 12.9. The van der Waals surface area contributed by atoms with Gasteiger partial charge in [0.15, 0.2) is 0 Å². The van der Waals surface area contributed by atoms with Crippen molar-refractivity contribution in [2.45, 2.75) is 6.54 Å². The number of benzene rings is 1. The Hall–Kier alpha value is -2.90. The van der Waals surface area contributed by atoms with Gasteiger partial charge in [0, 0.05) is 11.8 Å². The van der Waals surface area contributed by atoms with E-state index in [4.69, 9.17) is 23.2 Å². The van der Waals surface area contributed by atoms with E-state index in [2.05, 4.69) is 5.10 Å². The number of nitrogens with zero attached hydrogens (tertiary/aromatic N) is 4. The molecule has 0 fully saturated rings. The SMILES string of the molecule is O=c1c2cnn(Cc3ccccc3F)c2ccn1-c1cc(Cl)[n+]([O-])cc1Cl. The molecular formula is C18H11Cl2FN4O2. The van der Waals surface area contributed by atoms with Crippen LogP contribution in [-0.2, 0) is 6.54 Å². The third-order valence-electron chi connectivity index (χ3n) is 4.19. The Bertz CT molecular complexity index is 1240. The molecular weight excluding hydrogens is 394 g/mol. The first kappa shape index (κ1) is 17.5. The van der Waals surface area contributed by atoms with E-state index in [-0.39, 0.29) is 33.8 Å². The smallest absolute Gasteiger partial charge is 0.288 e. The number of halogens is 3. The summed E-state index contributed by atoms with van der Waals surface area (Å²) < 4.78 is 17.1. The molecule has 0 saturated carbocycles. The summed E-state index contributed by atoms with van der Waals surface area (Å²) in [5.41, 5.74) is 0.914. The van der Waals surface area contributed by atoms with Gasteiger partial charge in [-0.3, -0.25) is 14.0 Å². The molecule has 0 spiro atoms. The second-order valence-electron chi connectivity index (χ2n) is 5.84. The van der Waals surface area contributed by atoms with Crippen LogP contribution in [0.5, 0.6) is 0 Å². The first-order chi connectivity index (χ1) is 13.0. The molecule has 0 saturated heterocycles. The molecule has 0 radical (unpaired) electrons. The maximum absolute atomic E-state index is 13.9. The van der Waals surface area contributed by atoms with Gasteiger partial charge in [-0.2, -0.15) is 9.83 Å². The molecule has 136 valence electrons. The van der Waals surface area contributed by atoms with Crippen LogP contribution in [0.2, 0.25) is 10.2 Å². The van der Waals surface area contributed by atoms with Crippen LogP contribution in [0.25, 0.3) is 16.6 Å². The minimum Gasteiger partial charge on any atom is -0.618 e. The number of hydrogen-bond acceptors (Lipinski definition) is 3. The molecule has 6 nitrogen and oxygen atoms in total. The molecule has 3 aromatic heterocycles. The number of aromatic nitrogens is 4. The highest BCUT2D eigenvalue weighted by atomic mass is 35.5. The minimum atomic E-state index is -0.381. The van der Waals surface area contributed by atoms with Gasteiger partial charge in [0.2, 0.25) is 6.20 Å². The predicted molar refractivity (Wildman–Crippen MR) is 99.8 cm³/mol. The lowest BCUT2D eigenvalue weighted by molar-refractivity contribution is -0.602. The van der Waals surface area contributed by atoms with E-state index >= 15 is 0 Å². The Morgan fingerprint density at radius 1 is 1.22 bits per heavy atom. The Balaban J connectivity index is 1.82. The average Bonchev–Trinajstić information content (AvgIpc) is 3.05. The van der Waals surface area contributed by atoms with E-state index < -0.39 is 0 Å². The maximum Gasteiger partial charge on any atom is 0.288 e. The highest BCUT2D eigenvalue weighted by Crippen LogP contribution is 2.21. The molecule has 9 heteroatoms. The van der Waals surface area contributed by atoms with Crippen molar-refractivity contribution in [2.24, 2.45) is 0 Å². The molecule has 0 N–H and O–H groups in total. The standard InChI is InChI=1S/C18H11Cl2FN4O2/c19-13-10-25(27)17(20)7-16(13)23-6-5-15-12(18(23)26)8-22-24(15)9-11-3-1-2-4-14(11)21/h1-8,10H,9H2. The topological polar surface area (TPSA) is 66.8 Å². The third kappa shape index (κ3) is 3.05. The van der Waals surface area contributed by atoms with E-state index in [1.54, 1.807) is 28.9 Å². The molecule has 4 aromatic rings. The van der Waals surface area contributed by atoms with E-state index in [1.807, 2.05) is 0 Å². The summed E-state index contributed by atoms with van der Waals surface area (Å²) in [5, 5.41) is 16.0. The van der Waals surface area contributed by atoms with Gasteiger partial charge >= 0.3 is 0 Å². The van der Waals surface area contributed by atoms with Crippen molar-refractivity contribution in [1.82, 2.24) is 14.3 Å². The van der Waals surface area contributed by atoms with E-state index in [9.17, 15) is 14.4 Å². The average molecular weight is 405 g/mol. The first-order valence-electron chi connectivity index (χ1n) is 7.85. The lowest BCUT2D eigenvalue weighted by Crippen LogP contribution is -2.28. The largest absolute Gasteiger partial charge is 0.618 e. The van der Waals surface area contributed by atoms with Gasteiger partial charge in [0.1, 0.15) is 10.8 Å². The zero-order valence-electron chi connectivity index (χ0n) is 13.6. The molecule has 3 heterocycles. The third-order valence-corrected chi connectivity index (χ3v) is 4.76. The fourth-order valence-corrected chi connectivity index (χ4v) is 3.23. The summed E-state index contributed by atoms with van der Waals surface area (Å²) in [5.74, 6) is -0.342. The van der Waals surface area contributed by atoms with Gasteiger partial charge < -0.3 is 5.21 Å². The number of rotatable bonds is 3. The van der Waals surface area contributed by atoms with E-state index in [0.29, 0.717) is 21.2 Å². The van der Waals surface area contributed by atoms with Crippen molar-refractivity contribution >= 4 is 34.1 Å². The Labute approximate surface area is 162 Å². The minimum absolute atomic E-state index is 0.0783. The molecule has 0 aliphatic rings. The number of fused-ring (bicyclic) bond motifs is 1. The summed E-state index contributed by atoms with van der Waals surface area (Å²) in [6.07, 6.45) is 4.01. The van der Waals surface area contributed by atoms with Gasteiger partial charge in [-0.15, -0.1) is 0 Å². The predicted octanol–water partition coefficient (Wildman–Crippen LogP) is 3.31. The van der Waals surface area contributed by atoms with Crippen LogP contribution in [0.3, 0.4) is 0 Å². The zero-order valence-corrected chi connectivity index (χ0v) is 15.2. The molecule has 0 bridgehead atoms. The van der Waals surface area contributed by atoms with Crippen LogP contribution in [-0.4, -0.2) is 14.3 Å². The highest BCUT2D eigenvalue weighted by molar-refractivity contribution is 6.33. The van der Waals surface area contributed by atoms with Gasteiger partial charge in [-0.1, -0.05) is 29.8 Å². The van der Waals surface area contributed by atoms with Gasteiger partial charge in [0.05, 0.1) is 35.4 Å². The molecule has 0 amide bonds. The molecule has 27 heavy (non-hydrogen) atoms. The van der Waals surface area contributed by atoms with Crippen molar-refractivity contribution in [2.75, 3.05) is 0 Å². The van der Waals surface area contributed by atoms with Crippen molar-refractivity contribution in [3.63, 3.8) is 0 Å². The van der Waals surface area contributed by atoms with Gasteiger partial charge in [0.25, 0.3) is 10.7 Å². The normalized spacial score (nSPS) is 11.2. The van der Waals surface area contributed by atoms with Crippen molar-refractivity contribution in [3.05, 3.63) is 92.1 Å². The fraction of sp³-hybridized carbons (Fsp3) is 0.0556. The number of pyridine rings is 2. The number of hydrogen-bond donors (Lipinski definition) is 0. The van der Waals surface area contributed by atoms with Gasteiger partial charge in [-0.05, 0) is 23.7 Å². The van der Waals surface area contributed by atoms with Crippen LogP contribution in [0.1, 0.15) is 5.56 Å². The molecule has 0 aliphatic carbocycles. The lowest BCUT2D eigenvalue weighted by Gasteiger charge is -2.09. The van der Waals surface area contributed by atoms with Crippen molar-refractivity contribution in [3.8, 4) is 5.69 Å². The van der Waals surface area contributed by atoms with Gasteiger partial charge in [-0.25, -0.2) is 4.39 Å². The van der Waals surface area contributed by atoms with Crippen molar-refractivity contribution < 1.29 is 9.12 Å². The van der Waals surface area contributed by atoms with E-state index in [1.165, 1.54) is 29.1 Å². The first-order valence-corrected chi connectivity index (χ1v) is 8.60. The summed E-state index contributed by atoms with van der Waals surface area (Å²) in [6.45, 7) is 0.188. The molecule has 4 rings (SSSR count). The fourth-order valence-electron chi connectivity index (χ4n) is 2.84. The van der Waals surface area contributed by atoms with Crippen molar-refractivity contribution in [1.29, 1.82) is 0 Å². The van der Waals surface area contributed by atoms with Crippen LogP contribution in [0.15, 0.2) is 59.8 Å². The monoisotopic (exact) mass is 404 g/mol. The second kappa shape index (κ2) is 6.68. The Morgan fingerprint density at radius 3 is 2.78 bits per heavy atom. The van der Waals surface area contributed by atoms with Crippen LogP contribution >= 0.6 is 23.2 Å². The molecule has 0 atom stereocenters. The molecule has 0 aliphatic heterocycles. The van der Waals surface area contributed by atoms with Crippen LogP contribution < -0.4 is 10.3 Å². The summed E-state index contributed by atoms with van der Waals surface area (Å²) >= 11 is 11.9. The van der Waals surface area contributed by atoms with E-state index in [0.717, 1.165) is 6.20 Å². The second-order valence-corrected chi connectivity index (χ2v) is 6.63. The van der Waals surface area contributed by atoms with Crippen LogP contribution in [0.4, 0.5) is 4.39 Å². The Kier molecular flexibility index (Phi) is 4.33. The summed E-state index contributed by atoms with van der Waals surface area (Å²) in [6, 6.07) is 9.37. The highest BCUT2D eigenvalue weighted by Gasteiger charge is 2.16. The zero-order chi connectivity index (χ0) is 19.1. The Morgan fingerprint density at radius 2 is 2.00 bits per heavy atom. The summed E-state index contributed by atoms with van der Waals surface area (Å²) in [7, 11) is 0. The molecule has 0 unspecified atom stereocenters. The quantitative estimate of drug-likeness (QED) is 0.298. The maximum atomic E-state index is 13.9.